The predicted molar refractivity (Wildman–Crippen MR) is 331 cm³/mol. The molecule has 0 unspecified atom stereocenters. The van der Waals surface area contributed by atoms with Gasteiger partial charge in [0.25, 0.3) is 0 Å². The molecule has 0 bridgehead atoms. The molecule has 424 valence electrons. The van der Waals surface area contributed by atoms with Gasteiger partial charge >= 0.3 is 0 Å². The van der Waals surface area contributed by atoms with E-state index in [1.165, 1.54) is 0 Å². The molecule has 2 fully saturated rings. The molecule has 2 aliphatic heterocycles. The van der Waals surface area contributed by atoms with E-state index >= 15 is 4.79 Å². The van der Waals surface area contributed by atoms with E-state index in [1.807, 2.05) is 9.36 Å². The second-order valence-corrected chi connectivity index (χ2v) is 52.3. The number of nitrogens with zero attached hydrogens (tertiary/aromatic N) is 10. The van der Waals surface area contributed by atoms with Crippen LogP contribution in [0.4, 0.5) is 0 Å². The molecule has 0 spiro atoms. The average molecular weight is 1260 g/mol. The SMILES string of the molecule is Cc1cc(Br)cc2c1c(-c1nc3c(n1COCC[Si](C)(C)C)CN(C1(C(=O)C4(N5Cc6nc(-c7nn(COCC[Si](C)(C)C)c8cc(Br)cc(C)c78)n(COCC[Si](C)(C)C)c6C5)CC4)CC1)C3)nn2COCC[Si](C)(C)C. The van der Waals surface area contributed by atoms with Crippen LogP contribution in [0.15, 0.2) is 33.2 Å². The number of hydrogen-bond acceptors (Lipinski definition) is 11. The van der Waals surface area contributed by atoms with Crippen molar-refractivity contribution in [3.8, 4) is 23.0 Å². The maximum Gasteiger partial charge on any atom is 0.173 e. The van der Waals surface area contributed by atoms with Gasteiger partial charge in [0.2, 0.25) is 0 Å². The summed E-state index contributed by atoms with van der Waals surface area (Å²) in [6.07, 6.45) is 3.41. The van der Waals surface area contributed by atoms with E-state index in [9.17, 15) is 0 Å². The zero-order valence-electron chi connectivity index (χ0n) is 49.2. The number of imidazole rings is 2. The first kappa shape index (κ1) is 58.3. The fourth-order valence-corrected chi connectivity index (χ4v) is 15.5. The monoisotopic (exact) mass is 1260 g/mol. The van der Waals surface area contributed by atoms with Crippen LogP contribution in [0.3, 0.4) is 0 Å². The lowest BCUT2D eigenvalue weighted by molar-refractivity contribution is -0.133. The number of carbonyl (C=O) groups excluding carboxylic acids is 1. The topological polar surface area (TPSA) is 132 Å². The van der Waals surface area contributed by atoms with Gasteiger partial charge in [-0.15, -0.1) is 0 Å². The molecule has 15 nitrogen and oxygen atoms in total. The van der Waals surface area contributed by atoms with Gasteiger partial charge in [-0.25, -0.2) is 19.3 Å². The van der Waals surface area contributed by atoms with Crippen LogP contribution in [0.25, 0.3) is 44.8 Å². The Hall–Kier alpha value is -2.94. The van der Waals surface area contributed by atoms with Crippen molar-refractivity contribution >= 4 is 91.7 Å². The number of benzene rings is 2. The molecule has 2 saturated carbocycles. The van der Waals surface area contributed by atoms with Gasteiger partial charge in [-0.3, -0.25) is 14.6 Å². The summed E-state index contributed by atoms with van der Waals surface area (Å²) in [4.78, 5) is 31.5. The first-order chi connectivity index (χ1) is 36.6. The third-order valence-electron chi connectivity index (χ3n) is 16.5. The third kappa shape index (κ3) is 12.4. The minimum Gasteiger partial charge on any atom is -0.361 e. The van der Waals surface area contributed by atoms with E-state index in [-0.39, 0.29) is 0 Å². The number of aromatic nitrogens is 8. The number of carbonyl (C=O) groups is 1. The molecule has 10 rings (SSSR count). The number of aryl methyl sites for hydroxylation is 2. The van der Waals surface area contributed by atoms with Gasteiger partial charge in [0.15, 0.2) is 17.4 Å². The van der Waals surface area contributed by atoms with Crippen LogP contribution >= 0.6 is 31.9 Å². The summed E-state index contributed by atoms with van der Waals surface area (Å²) in [5.74, 6) is 2.00. The van der Waals surface area contributed by atoms with Gasteiger partial charge in [0.1, 0.15) is 38.3 Å². The van der Waals surface area contributed by atoms with Crippen molar-refractivity contribution in [2.24, 2.45) is 0 Å². The number of ketones is 1. The quantitative estimate of drug-likeness (QED) is 0.0380. The van der Waals surface area contributed by atoms with Gasteiger partial charge < -0.3 is 28.1 Å². The number of fused-ring (bicyclic) bond motifs is 4. The summed E-state index contributed by atoms with van der Waals surface area (Å²) >= 11 is 7.55. The number of halogens is 2. The molecule has 6 aromatic rings. The lowest BCUT2D eigenvalue weighted by atomic mass is 9.98. The zero-order chi connectivity index (χ0) is 55.9. The third-order valence-corrected chi connectivity index (χ3v) is 24.2. The molecule has 2 aliphatic carbocycles. The number of Topliss-reactive ketones (excluding diaryl/α,β-unsaturated/α-hetero) is 1. The summed E-state index contributed by atoms with van der Waals surface area (Å²) in [7, 11) is -5.21. The summed E-state index contributed by atoms with van der Waals surface area (Å²) in [5.41, 5.74) is 9.14. The standard InChI is InChI=1S/C57H86Br2N10O5Si4/c1-39-27-41(58)29-45-49(39)51(62-68(45)37-73-21-25-77(9,10)11)53-60-43-31-64(33-47(43)66(53)35-71-19-23-75(3,4)5)56(15-16-56)55(70)57(17-18-57)65-32-44-48(34-65)67(36-72-20-24-76(6,7)8)54(61-44)52-50-40(2)28-42(59)30-46(50)69(63-52)38-74-22-26-78(12,13)14/h27-30H,15-26,31-38H2,1-14H3. The van der Waals surface area contributed by atoms with Crippen molar-refractivity contribution in [2.75, 3.05) is 26.4 Å². The summed E-state index contributed by atoms with van der Waals surface area (Å²) in [5, 5.41) is 12.7. The van der Waals surface area contributed by atoms with Crippen molar-refractivity contribution in [1.29, 1.82) is 0 Å². The Morgan fingerprint density at radius 2 is 0.846 bits per heavy atom. The molecular weight excluding hydrogens is 1180 g/mol. The first-order valence-corrected chi connectivity index (χ1v) is 44.9. The molecule has 78 heavy (non-hydrogen) atoms. The molecule has 0 amide bonds. The van der Waals surface area contributed by atoms with E-state index in [0.29, 0.717) is 85.3 Å². The van der Waals surface area contributed by atoms with E-state index in [2.05, 4.69) is 167 Å². The van der Waals surface area contributed by atoms with E-state index in [1.54, 1.807) is 0 Å². The largest absolute Gasteiger partial charge is 0.361 e. The number of hydrogen-bond donors (Lipinski definition) is 0. The van der Waals surface area contributed by atoms with Gasteiger partial charge in [-0.1, -0.05) is 110 Å². The average Bonchev–Trinajstić information content (AvgIpc) is 3.51. The van der Waals surface area contributed by atoms with E-state index < -0.39 is 43.4 Å². The Balaban J connectivity index is 0.923. The van der Waals surface area contributed by atoms with Crippen LogP contribution in [0.1, 0.15) is 59.6 Å². The van der Waals surface area contributed by atoms with E-state index in [0.717, 1.165) is 138 Å². The molecule has 4 aliphatic rings. The maximum atomic E-state index is 15.6. The zero-order valence-corrected chi connectivity index (χ0v) is 56.4. The van der Waals surface area contributed by atoms with Gasteiger partial charge in [-0.05, 0) is 99.1 Å². The molecule has 0 saturated heterocycles. The lowest BCUT2D eigenvalue weighted by Crippen LogP contribution is -2.52. The highest BCUT2D eigenvalue weighted by Crippen LogP contribution is 2.57. The molecule has 0 atom stereocenters. The minimum atomic E-state index is -1.34. The highest BCUT2D eigenvalue weighted by Gasteiger charge is 2.67. The Morgan fingerprint density at radius 3 is 1.17 bits per heavy atom. The van der Waals surface area contributed by atoms with Gasteiger partial charge in [-0.2, -0.15) is 10.2 Å². The lowest BCUT2D eigenvalue weighted by Gasteiger charge is -2.34. The van der Waals surface area contributed by atoms with Crippen molar-refractivity contribution in [3.05, 3.63) is 67.1 Å². The smallest absolute Gasteiger partial charge is 0.173 e. The van der Waals surface area contributed by atoms with Crippen molar-refractivity contribution in [2.45, 2.75) is 206 Å². The minimum absolute atomic E-state index is 0.363. The normalized spacial score (nSPS) is 17.5. The Bertz CT molecular complexity index is 3010. The van der Waals surface area contributed by atoms with Crippen LogP contribution < -0.4 is 0 Å². The second-order valence-electron chi connectivity index (χ2n) is 27.9. The molecule has 21 heteroatoms. The first-order valence-electron chi connectivity index (χ1n) is 28.5. The molecular formula is C57H86Br2N10O5Si4. The molecule has 0 N–H and O–H groups in total. The van der Waals surface area contributed by atoms with Crippen LogP contribution in [-0.4, -0.2) is 124 Å². The summed E-state index contributed by atoms with van der Waals surface area (Å²) in [6, 6.07) is 12.9. The van der Waals surface area contributed by atoms with Crippen LogP contribution in [0.2, 0.25) is 103 Å². The Kier molecular flexibility index (Phi) is 16.4. The van der Waals surface area contributed by atoms with Crippen molar-refractivity contribution < 1.29 is 23.7 Å². The second kappa shape index (κ2) is 22.0. The summed E-state index contributed by atoms with van der Waals surface area (Å²) < 4.78 is 36.4. The molecule has 4 aromatic heterocycles. The number of ether oxygens (including phenoxy) is 4. The van der Waals surface area contributed by atoms with E-state index in [4.69, 9.17) is 39.1 Å². The highest BCUT2D eigenvalue weighted by atomic mass is 79.9. The van der Waals surface area contributed by atoms with Crippen molar-refractivity contribution in [3.63, 3.8) is 0 Å². The maximum absolute atomic E-state index is 15.6. The summed E-state index contributed by atoms with van der Waals surface area (Å²) in [6.45, 7) is 39.7. The predicted octanol–water partition coefficient (Wildman–Crippen LogP) is 13.5. The molecule has 6 heterocycles. The Morgan fingerprint density at radius 1 is 0.513 bits per heavy atom. The van der Waals surface area contributed by atoms with Crippen molar-refractivity contribution in [1.82, 2.24) is 48.5 Å². The van der Waals surface area contributed by atoms with Gasteiger partial charge in [0, 0.05) is 105 Å². The fourth-order valence-electron chi connectivity index (χ4n) is 11.4. The number of rotatable bonds is 26. The van der Waals surface area contributed by atoms with Crippen LogP contribution in [-0.2, 0) is 76.8 Å². The van der Waals surface area contributed by atoms with Gasteiger partial charge in [0.05, 0.1) is 44.9 Å². The highest BCUT2D eigenvalue weighted by molar-refractivity contribution is 9.10. The Labute approximate surface area is 483 Å². The molecule has 2 aromatic carbocycles. The van der Waals surface area contributed by atoms with Crippen LogP contribution in [0, 0.1) is 13.8 Å². The fraction of sp³-hybridized carbons (Fsp3) is 0.632. The van der Waals surface area contributed by atoms with Crippen LogP contribution in [0.5, 0.6) is 0 Å². The molecule has 0 radical (unpaired) electrons.